The highest BCUT2D eigenvalue weighted by Crippen LogP contribution is 2.71. The quantitative estimate of drug-likeness (QED) is 0.254. The fourth-order valence-electron chi connectivity index (χ4n) is 8.09. The largest absolute Gasteiger partial charge is 0.467 e. The van der Waals surface area contributed by atoms with E-state index in [1.54, 1.807) is 0 Å². The van der Waals surface area contributed by atoms with Crippen molar-refractivity contribution in [2.75, 3.05) is 7.11 Å². The monoisotopic (exact) mass is 417 g/mol. The number of ether oxygens (including phenoxy) is 1. The van der Waals surface area contributed by atoms with E-state index < -0.39 is 16.3 Å². The average molecular weight is 418 g/mol. The van der Waals surface area contributed by atoms with Crippen LogP contribution in [0.1, 0.15) is 72.1 Å². The summed E-state index contributed by atoms with van der Waals surface area (Å²) < 4.78 is 4.99. The van der Waals surface area contributed by atoms with Gasteiger partial charge in [-0.25, -0.2) is 4.79 Å². The second-order valence-electron chi connectivity index (χ2n) is 10.6. The number of halogens is 1. The minimum Gasteiger partial charge on any atom is -0.467 e. The third-order valence-electron chi connectivity index (χ3n) is 9.32. The van der Waals surface area contributed by atoms with Gasteiger partial charge in [-0.2, -0.15) is 5.26 Å². The highest BCUT2D eigenvalue weighted by Gasteiger charge is 2.70. The first-order valence-electron chi connectivity index (χ1n) is 11.0. The molecule has 0 aromatic rings. The van der Waals surface area contributed by atoms with Crippen molar-refractivity contribution in [2.45, 2.75) is 77.0 Å². The molecule has 0 aromatic heterocycles. The van der Waals surface area contributed by atoms with E-state index in [2.05, 4.69) is 32.9 Å². The zero-order valence-electron chi connectivity index (χ0n) is 18.0. The van der Waals surface area contributed by atoms with Crippen LogP contribution >= 0.6 is 11.6 Å². The van der Waals surface area contributed by atoms with Crippen molar-refractivity contribution in [1.29, 1.82) is 5.26 Å². The molecule has 0 aromatic carbocycles. The van der Waals surface area contributed by atoms with Crippen molar-refractivity contribution in [1.82, 2.24) is 0 Å². The summed E-state index contributed by atoms with van der Waals surface area (Å²) >= 11 is 6.83. The number of nitrogens with zero attached hydrogens (tertiary/aromatic N) is 1. The number of rotatable bonds is 1. The molecule has 0 N–H and O–H groups in total. The molecule has 0 heterocycles. The highest BCUT2D eigenvalue weighted by atomic mass is 35.5. The molecule has 0 saturated heterocycles. The summed E-state index contributed by atoms with van der Waals surface area (Å²) in [6, 6.07) is 2.83. The maximum Gasteiger partial charge on any atom is 0.334 e. The zero-order chi connectivity index (χ0) is 21.2. The highest BCUT2D eigenvalue weighted by molar-refractivity contribution is 6.46. The predicted octanol–water partition coefficient (Wildman–Crippen LogP) is 5.20. The summed E-state index contributed by atoms with van der Waals surface area (Å²) in [6.07, 6.45) is 8.84. The molecule has 3 saturated carbocycles. The summed E-state index contributed by atoms with van der Waals surface area (Å²) in [7, 11) is 1.30. The summed E-state index contributed by atoms with van der Waals surface area (Å²) in [5.41, 5.74) is 0.769. The van der Waals surface area contributed by atoms with E-state index in [4.69, 9.17) is 16.3 Å². The summed E-state index contributed by atoms with van der Waals surface area (Å²) in [5.74, 6) is -0.640. The van der Waals surface area contributed by atoms with Crippen LogP contribution < -0.4 is 0 Å². The molecule has 5 heteroatoms. The molecule has 4 rings (SSSR count). The fraction of sp³-hybridized carbons (Fsp3) is 0.792. The minimum absolute atomic E-state index is 0.0582. The number of carbonyl (C=O) groups excluding carboxylic acids is 2. The van der Waals surface area contributed by atoms with Crippen LogP contribution in [0.15, 0.2) is 11.6 Å². The molecular formula is C24H32ClNO3. The number of hydrogen-bond acceptors (Lipinski definition) is 4. The van der Waals surface area contributed by atoms with E-state index in [1.807, 2.05) is 0 Å². The topological polar surface area (TPSA) is 67.2 Å². The third kappa shape index (κ3) is 2.55. The van der Waals surface area contributed by atoms with E-state index in [-0.39, 0.29) is 34.9 Å². The van der Waals surface area contributed by atoms with Gasteiger partial charge in [0.1, 0.15) is 0 Å². The van der Waals surface area contributed by atoms with Crippen LogP contribution in [0.2, 0.25) is 0 Å². The summed E-state index contributed by atoms with van der Waals surface area (Å²) in [4.78, 5) is 23.9. The Bertz CT molecular complexity index is 820. The number of esters is 1. The number of alkyl halides is 1. The Hall–Kier alpha value is -1.34. The Kier molecular flexibility index (Phi) is 4.74. The van der Waals surface area contributed by atoms with Crippen LogP contribution in [0.4, 0.5) is 0 Å². The lowest BCUT2D eigenvalue weighted by Gasteiger charge is -2.66. The van der Waals surface area contributed by atoms with Crippen molar-refractivity contribution < 1.29 is 14.3 Å². The molecule has 0 radical (unpaired) electrons. The standard InChI is InChI=1S/C24H32ClNO3/c1-15-5-6-16-21(2,13-15)10-7-17-22(3)11-9-19(27)24(25,20(28)29-4)18(22)8-12-23(16,17)14-26/h13,16-18H,5-12H2,1-4H3/t16-,17-,18-,21-,22-,23-,24+/m1/s1. The molecule has 0 spiro atoms. The van der Waals surface area contributed by atoms with Crippen molar-refractivity contribution in [3.05, 3.63) is 11.6 Å². The summed E-state index contributed by atoms with van der Waals surface area (Å²) in [6.45, 7) is 6.72. The Morgan fingerprint density at radius 3 is 2.48 bits per heavy atom. The molecule has 3 fully saturated rings. The lowest BCUT2D eigenvalue weighted by Crippen LogP contribution is -2.66. The molecule has 4 aliphatic rings. The molecule has 29 heavy (non-hydrogen) atoms. The molecule has 0 amide bonds. The van der Waals surface area contributed by atoms with Crippen LogP contribution in [-0.4, -0.2) is 23.7 Å². The fourth-order valence-corrected chi connectivity index (χ4v) is 8.62. The van der Waals surface area contributed by atoms with Crippen molar-refractivity contribution >= 4 is 23.4 Å². The molecular weight excluding hydrogens is 386 g/mol. The molecule has 4 nitrogen and oxygen atoms in total. The van der Waals surface area contributed by atoms with Gasteiger partial charge in [-0.15, -0.1) is 0 Å². The van der Waals surface area contributed by atoms with Gasteiger partial charge in [0, 0.05) is 12.3 Å². The lowest BCUT2D eigenvalue weighted by atomic mass is 9.37. The molecule has 0 unspecified atom stereocenters. The first kappa shape index (κ1) is 20.9. The number of Topliss-reactive ketones (excluding diaryl/α,β-unsaturated/α-hetero) is 1. The van der Waals surface area contributed by atoms with Gasteiger partial charge < -0.3 is 4.74 Å². The van der Waals surface area contributed by atoms with Crippen LogP contribution in [0, 0.1) is 45.3 Å². The SMILES string of the molecule is COC(=O)[C@@]1(Cl)C(=O)CC[C@]2(C)[C@H]3CC[C@]4(C)C=C(C)CC[C@H]4[C@]3(C#N)CC[C@@H]12. The van der Waals surface area contributed by atoms with Gasteiger partial charge in [0.25, 0.3) is 0 Å². The van der Waals surface area contributed by atoms with Crippen molar-refractivity contribution in [3.8, 4) is 6.07 Å². The lowest BCUT2D eigenvalue weighted by molar-refractivity contribution is -0.174. The Labute approximate surface area is 179 Å². The van der Waals surface area contributed by atoms with Crippen LogP contribution in [0.3, 0.4) is 0 Å². The average Bonchev–Trinajstić information content (AvgIpc) is 2.69. The van der Waals surface area contributed by atoms with Gasteiger partial charge in [0.15, 0.2) is 5.78 Å². The molecule has 0 aliphatic heterocycles. The Morgan fingerprint density at radius 2 is 1.83 bits per heavy atom. The van der Waals surface area contributed by atoms with Gasteiger partial charge in [-0.1, -0.05) is 37.1 Å². The van der Waals surface area contributed by atoms with E-state index in [9.17, 15) is 14.9 Å². The number of fused-ring (bicyclic) bond motifs is 5. The third-order valence-corrected chi connectivity index (χ3v) is 9.95. The second-order valence-corrected chi connectivity index (χ2v) is 11.2. The first-order chi connectivity index (χ1) is 13.6. The minimum atomic E-state index is -1.60. The van der Waals surface area contributed by atoms with Crippen LogP contribution in [0.5, 0.6) is 0 Å². The number of ketones is 1. The first-order valence-corrected chi connectivity index (χ1v) is 11.4. The molecule has 7 atom stereocenters. The molecule has 4 aliphatic carbocycles. The Balaban J connectivity index is 1.80. The summed E-state index contributed by atoms with van der Waals surface area (Å²) in [5, 5.41) is 10.6. The number of nitriles is 1. The van der Waals surface area contributed by atoms with Gasteiger partial charge in [-0.3, -0.25) is 4.79 Å². The maximum atomic E-state index is 12.8. The van der Waals surface area contributed by atoms with Gasteiger partial charge >= 0.3 is 5.97 Å². The second kappa shape index (κ2) is 6.58. The molecule has 158 valence electrons. The number of hydrogen-bond donors (Lipinski definition) is 0. The van der Waals surface area contributed by atoms with E-state index in [1.165, 1.54) is 12.7 Å². The van der Waals surface area contributed by atoms with E-state index >= 15 is 0 Å². The normalized spacial score (nSPS) is 49.0. The van der Waals surface area contributed by atoms with Crippen molar-refractivity contribution in [3.63, 3.8) is 0 Å². The number of allylic oxidation sites excluding steroid dienone is 2. The van der Waals surface area contributed by atoms with Gasteiger partial charge in [0.05, 0.1) is 18.6 Å². The van der Waals surface area contributed by atoms with Crippen molar-refractivity contribution in [2.24, 2.45) is 34.0 Å². The zero-order valence-corrected chi connectivity index (χ0v) is 18.8. The smallest absolute Gasteiger partial charge is 0.334 e. The Morgan fingerprint density at radius 1 is 1.14 bits per heavy atom. The van der Waals surface area contributed by atoms with Gasteiger partial charge in [0.2, 0.25) is 4.87 Å². The molecule has 0 bridgehead atoms. The number of carbonyl (C=O) groups is 2. The number of methoxy groups -OCH3 is 1. The van der Waals surface area contributed by atoms with Crippen LogP contribution in [0.25, 0.3) is 0 Å². The van der Waals surface area contributed by atoms with E-state index in [0.717, 1.165) is 25.7 Å². The van der Waals surface area contributed by atoms with E-state index in [0.29, 0.717) is 25.2 Å². The van der Waals surface area contributed by atoms with Crippen LogP contribution in [-0.2, 0) is 14.3 Å². The van der Waals surface area contributed by atoms with Gasteiger partial charge in [-0.05, 0) is 74.5 Å². The maximum absolute atomic E-state index is 12.8. The predicted molar refractivity (Wildman–Crippen MR) is 111 cm³/mol.